The quantitative estimate of drug-likeness (QED) is 0.704. The average molecular weight is 320 g/mol. The van der Waals surface area contributed by atoms with Crippen LogP contribution >= 0.6 is 11.8 Å². The maximum atomic E-state index is 12.6. The minimum absolute atomic E-state index is 0.224. The Morgan fingerprint density at radius 2 is 1.86 bits per heavy atom. The van der Waals surface area contributed by atoms with E-state index >= 15 is 0 Å². The number of thioether (sulfide) groups is 1. The Bertz CT molecular complexity index is 461. The van der Waals surface area contributed by atoms with Gasteiger partial charge in [-0.3, -0.25) is 4.79 Å². The van der Waals surface area contributed by atoms with Crippen molar-refractivity contribution in [2.75, 3.05) is 31.6 Å². The molecule has 1 aliphatic heterocycles. The molecule has 0 bridgehead atoms. The van der Waals surface area contributed by atoms with Crippen LogP contribution in [-0.4, -0.2) is 42.3 Å². The Morgan fingerprint density at radius 1 is 1.23 bits per heavy atom. The Balaban J connectivity index is 1.87. The van der Waals surface area contributed by atoms with Crippen molar-refractivity contribution in [2.45, 2.75) is 33.1 Å². The number of rotatable bonds is 7. The van der Waals surface area contributed by atoms with E-state index in [0.29, 0.717) is 11.7 Å². The largest absolute Gasteiger partial charge is 0.302 e. The minimum atomic E-state index is 0.224. The van der Waals surface area contributed by atoms with Gasteiger partial charge in [0.25, 0.3) is 0 Å². The lowest BCUT2D eigenvalue weighted by Crippen LogP contribution is -2.37. The Morgan fingerprint density at radius 3 is 2.41 bits per heavy atom. The van der Waals surface area contributed by atoms with E-state index < -0.39 is 0 Å². The van der Waals surface area contributed by atoms with Gasteiger partial charge in [-0.1, -0.05) is 38.1 Å². The first-order chi connectivity index (χ1) is 10.6. The predicted octanol–water partition coefficient (Wildman–Crippen LogP) is 4.14. The molecule has 0 spiro atoms. The van der Waals surface area contributed by atoms with Crippen molar-refractivity contribution in [3.63, 3.8) is 0 Å². The van der Waals surface area contributed by atoms with Crippen LogP contribution in [-0.2, 0) is 6.42 Å². The number of nitrogens with zero attached hydrogens (tertiary/aromatic N) is 1. The summed E-state index contributed by atoms with van der Waals surface area (Å²) in [6.07, 6.45) is 5.27. The topological polar surface area (TPSA) is 20.3 Å². The monoisotopic (exact) mass is 319 g/mol. The summed E-state index contributed by atoms with van der Waals surface area (Å²) < 4.78 is 0. The molecule has 22 heavy (non-hydrogen) atoms. The highest BCUT2D eigenvalue weighted by Crippen LogP contribution is 2.22. The summed E-state index contributed by atoms with van der Waals surface area (Å²) in [7, 11) is 0. The van der Waals surface area contributed by atoms with Crippen LogP contribution in [0.4, 0.5) is 0 Å². The fourth-order valence-corrected chi connectivity index (χ4v) is 3.59. The van der Waals surface area contributed by atoms with Gasteiger partial charge in [-0.15, -0.1) is 0 Å². The van der Waals surface area contributed by atoms with E-state index in [1.165, 1.54) is 11.3 Å². The minimum Gasteiger partial charge on any atom is -0.302 e. The number of carbonyl (C=O) groups excluding carboxylic acids is 1. The normalized spacial score (nSPS) is 17.1. The van der Waals surface area contributed by atoms with E-state index in [0.717, 1.165) is 44.5 Å². The van der Waals surface area contributed by atoms with Gasteiger partial charge in [0.2, 0.25) is 0 Å². The van der Waals surface area contributed by atoms with Crippen LogP contribution in [0.25, 0.3) is 0 Å². The predicted molar refractivity (Wildman–Crippen MR) is 96.9 cm³/mol. The van der Waals surface area contributed by atoms with E-state index in [9.17, 15) is 4.79 Å². The molecule has 2 nitrogen and oxygen atoms in total. The number of hydrogen-bond acceptors (Lipinski definition) is 3. The third-order valence-corrected chi connectivity index (χ3v) is 5.04. The summed E-state index contributed by atoms with van der Waals surface area (Å²) in [5.41, 5.74) is 2.23. The number of carbonyl (C=O) groups is 1. The molecule has 0 aliphatic carbocycles. The Kier molecular flexibility index (Phi) is 6.97. The second-order valence-corrected chi connectivity index (χ2v) is 7.75. The van der Waals surface area contributed by atoms with Crippen LogP contribution in [0.1, 0.15) is 42.6 Å². The van der Waals surface area contributed by atoms with Gasteiger partial charge in [0, 0.05) is 23.8 Å². The molecule has 1 aromatic carbocycles. The molecule has 1 aliphatic rings. The van der Waals surface area contributed by atoms with Gasteiger partial charge in [-0.2, -0.15) is 11.8 Å². The Hall–Kier alpha value is -0.800. The maximum Gasteiger partial charge on any atom is 0.166 e. The molecular weight excluding hydrogens is 290 g/mol. The number of hydrogen-bond donors (Lipinski definition) is 0. The van der Waals surface area contributed by atoms with E-state index in [4.69, 9.17) is 0 Å². The van der Waals surface area contributed by atoms with Crippen LogP contribution < -0.4 is 0 Å². The lowest BCUT2D eigenvalue weighted by Gasteiger charge is -2.31. The van der Waals surface area contributed by atoms with Gasteiger partial charge in [0.05, 0.1) is 0 Å². The number of ketones is 1. The van der Waals surface area contributed by atoms with Crippen molar-refractivity contribution >= 4 is 17.5 Å². The molecule has 1 fully saturated rings. The van der Waals surface area contributed by atoms with E-state index in [-0.39, 0.29) is 5.92 Å². The third-order valence-electron chi connectivity index (χ3n) is 4.45. The van der Waals surface area contributed by atoms with Crippen LogP contribution in [0.2, 0.25) is 0 Å². The van der Waals surface area contributed by atoms with Crippen molar-refractivity contribution in [3.05, 3.63) is 35.4 Å². The summed E-state index contributed by atoms with van der Waals surface area (Å²) in [6, 6.07) is 8.31. The SMILES string of the molecule is CSCCN1CCC(C(=O)c2ccc(CC(C)C)cc2)CC1. The molecule has 0 radical (unpaired) electrons. The zero-order valence-corrected chi connectivity index (χ0v) is 15.0. The second-order valence-electron chi connectivity index (χ2n) is 6.77. The highest BCUT2D eigenvalue weighted by Gasteiger charge is 2.25. The highest BCUT2D eigenvalue weighted by molar-refractivity contribution is 7.98. The number of likely N-dealkylation sites (tertiary alicyclic amines) is 1. The molecule has 0 atom stereocenters. The molecule has 0 saturated carbocycles. The standard InChI is InChI=1S/C19H29NOS/c1-15(2)14-16-4-6-17(7-5-16)19(21)18-8-10-20(11-9-18)12-13-22-3/h4-7,15,18H,8-14H2,1-3H3. The lowest BCUT2D eigenvalue weighted by atomic mass is 9.88. The molecule has 0 N–H and O–H groups in total. The maximum absolute atomic E-state index is 12.6. The summed E-state index contributed by atoms with van der Waals surface area (Å²) in [5.74, 6) is 2.42. The first-order valence-electron chi connectivity index (χ1n) is 8.44. The third kappa shape index (κ3) is 5.13. The smallest absolute Gasteiger partial charge is 0.166 e. The summed E-state index contributed by atoms with van der Waals surface area (Å²) in [4.78, 5) is 15.1. The Labute approximate surface area is 139 Å². The molecule has 0 unspecified atom stereocenters. The fourth-order valence-electron chi connectivity index (χ4n) is 3.15. The van der Waals surface area contributed by atoms with Crippen LogP contribution in [0.15, 0.2) is 24.3 Å². The first-order valence-corrected chi connectivity index (χ1v) is 9.84. The highest BCUT2D eigenvalue weighted by atomic mass is 32.2. The summed E-state index contributed by atoms with van der Waals surface area (Å²) in [5, 5.41) is 0. The molecule has 2 rings (SSSR count). The number of piperidine rings is 1. The van der Waals surface area contributed by atoms with Gasteiger partial charge < -0.3 is 4.90 Å². The average Bonchev–Trinajstić information content (AvgIpc) is 2.53. The van der Waals surface area contributed by atoms with Gasteiger partial charge in [0.15, 0.2) is 5.78 Å². The van der Waals surface area contributed by atoms with E-state index in [2.05, 4.69) is 37.1 Å². The molecule has 3 heteroatoms. The van der Waals surface area contributed by atoms with Crippen LogP contribution in [0, 0.1) is 11.8 Å². The van der Waals surface area contributed by atoms with Gasteiger partial charge >= 0.3 is 0 Å². The summed E-state index contributed by atoms with van der Waals surface area (Å²) in [6.45, 7) is 7.75. The lowest BCUT2D eigenvalue weighted by molar-refractivity contribution is 0.0845. The van der Waals surface area contributed by atoms with Gasteiger partial charge in [0.1, 0.15) is 0 Å². The number of benzene rings is 1. The van der Waals surface area contributed by atoms with Crippen molar-refractivity contribution in [1.29, 1.82) is 0 Å². The van der Waals surface area contributed by atoms with Crippen LogP contribution in [0.3, 0.4) is 0 Å². The second kappa shape index (κ2) is 8.73. The van der Waals surface area contributed by atoms with E-state index in [1.807, 2.05) is 23.9 Å². The van der Waals surface area contributed by atoms with Gasteiger partial charge in [-0.25, -0.2) is 0 Å². The molecular formula is C19H29NOS. The first kappa shape index (κ1) is 17.6. The molecule has 122 valence electrons. The fraction of sp³-hybridized carbons (Fsp3) is 0.632. The van der Waals surface area contributed by atoms with Crippen molar-refractivity contribution in [3.8, 4) is 0 Å². The zero-order chi connectivity index (χ0) is 15.9. The van der Waals surface area contributed by atoms with Crippen molar-refractivity contribution < 1.29 is 4.79 Å². The molecule has 1 saturated heterocycles. The number of Topliss-reactive ketones (excluding diaryl/α,β-unsaturated/α-hetero) is 1. The molecule has 0 aromatic heterocycles. The molecule has 0 amide bonds. The van der Waals surface area contributed by atoms with Crippen molar-refractivity contribution in [2.24, 2.45) is 11.8 Å². The van der Waals surface area contributed by atoms with Gasteiger partial charge in [-0.05, 0) is 50.1 Å². The van der Waals surface area contributed by atoms with Crippen LogP contribution in [0.5, 0.6) is 0 Å². The van der Waals surface area contributed by atoms with Crippen molar-refractivity contribution in [1.82, 2.24) is 4.90 Å². The summed E-state index contributed by atoms with van der Waals surface area (Å²) >= 11 is 1.90. The zero-order valence-electron chi connectivity index (χ0n) is 14.2. The molecule has 1 heterocycles. The molecule has 1 aromatic rings. The van der Waals surface area contributed by atoms with E-state index in [1.54, 1.807) is 0 Å².